The number of likely N-dealkylation sites (tertiary alicyclic amines) is 1. The van der Waals surface area contributed by atoms with E-state index < -0.39 is 5.54 Å². The minimum Gasteiger partial charge on any atom is -0.382 e. The molecule has 2 N–H and O–H groups in total. The summed E-state index contributed by atoms with van der Waals surface area (Å²) in [5.74, 6) is -0.279. The Bertz CT molecular complexity index is 524. The Kier molecular flexibility index (Phi) is 4.49. The van der Waals surface area contributed by atoms with E-state index in [4.69, 9.17) is 10.5 Å². The number of nitrogens with zero attached hydrogens (tertiary/aromatic N) is 3. The number of aromatic nitrogens is 2. The van der Waals surface area contributed by atoms with Gasteiger partial charge in [-0.25, -0.2) is 0 Å². The van der Waals surface area contributed by atoms with E-state index in [0.29, 0.717) is 19.2 Å². The third kappa shape index (κ3) is 2.65. The molecule has 1 aromatic rings. The van der Waals surface area contributed by atoms with E-state index in [1.165, 1.54) is 31.4 Å². The van der Waals surface area contributed by atoms with Gasteiger partial charge in [-0.3, -0.25) is 14.4 Å². The Hall–Kier alpha value is -1.40. The summed E-state index contributed by atoms with van der Waals surface area (Å²) in [5.41, 5.74) is 6.22. The maximum Gasteiger partial charge on any atom is 0.240 e. The van der Waals surface area contributed by atoms with Crippen LogP contribution in [0.4, 0.5) is 0 Å². The number of amides is 1. The van der Waals surface area contributed by atoms with Crippen molar-refractivity contribution >= 4 is 5.91 Å². The number of hydrogen-bond acceptors (Lipinski definition) is 4. The number of carbonyl (C=O) groups excluding carboxylic acids is 1. The van der Waals surface area contributed by atoms with Crippen molar-refractivity contribution in [1.29, 1.82) is 0 Å². The topological polar surface area (TPSA) is 73.4 Å². The van der Waals surface area contributed by atoms with E-state index in [-0.39, 0.29) is 5.91 Å². The van der Waals surface area contributed by atoms with Crippen LogP contribution in [0.5, 0.6) is 0 Å². The fourth-order valence-electron chi connectivity index (χ4n) is 4.06. The van der Waals surface area contributed by atoms with Crippen LogP contribution in [0.3, 0.4) is 0 Å². The molecule has 2 heterocycles. The van der Waals surface area contributed by atoms with Gasteiger partial charge in [0.05, 0.1) is 18.3 Å². The quantitative estimate of drug-likeness (QED) is 0.863. The average molecular weight is 306 g/mol. The van der Waals surface area contributed by atoms with Crippen LogP contribution in [-0.2, 0) is 16.1 Å². The van der Waals surface area contributed by atoms with Crippen LogP contribution in [0, 0.1) is 0 Å². The summed E-state index contributed by atoms with van der Waals surface area (Å²) in [5, 5.41) is 4.52. The first-order chi connectivity index (χ1) is 10.7. The van der Waals surface area contributed by atoms with Crippen molar-refractivity contribution in [3.8, 4) is 0 Å². The molecule has 0 aromatic carbocycles. The fraction of sp³-hybridized carbons (Fsp3) is 0.750. The molecule has 1 saturated carbocycles. The third-order valence-corrected chi connectivity index (χ3v) is 5.24. The smallest absolute Gasteiger partial charge is 0.240 e. The Morgan fingerprint density at radius 3 is 2.91 bits per heavy atom. The maximum atomic E-state index is 12.1. The van der Waals surface area contributed by atoms with Gasteiger partial charge >= 0.3 is 0 Å². The molecule has 6 nitrogen and oxygen atoms in total. The molecule has 0 spiro atoms. The second-order valence-electron chi connectivity index (χ2n) is 6.56. The molecule has 1 aliphatic heterocycles. The first-order valence-corrected chi connectivity index (χ1v) is 8.23. The number of carbonyl (C=O) groups is 1. The van der Waals surface area contributed by atoms with Gasteiger partial charge in [-0.1, -0.05) is 12.8 Å². The molecule has 2 aliphatic rings. The van der Waals surface area contributed by atoms with E-state index in [1.54, 1.807) is 7.11 Å². The van der Waals surface area contributed by atoms with Gasteiger partial charge in [-0.05, 0) is 38.3 Å². The predicted octanol–water partition coefficient (Wildman–Crippen LogP) is 1.46. The number of nitrogens with two attached hydrogens (primary N) is 1. The summed E-state index contributed by atoms with van der Waals surface area (Å²) >= 11 is 0. The summed E-state index contributed by atoms with van der Waals surface area (Å²) < 4.78 is 7.46. The van der Waals surface area contributed by atoms with Crippen molar-refractivity contribution < 1.29 is 9.53 Å². The Morgan fingerprint density at radius 2 is 2.23 bits per heavy atom. The van der Waals surface area contributed by atoms with E-state index in [2.05, 4.69) is 20.7 Å². The van der Waals surface area contributed by atoms with E-state index in [1.807, 2.05) is 6.20 Å². The highest BCUT2D eigenvalue weighted by atomic mass is 16.5. The molecule has 122 valence electrons. The molecular formula is C16H26N4O2. The van der Waals surface area contributed by atoms with Gasteiger partial charge in [-0.2, -0.15) is 5.10 Å². The molecule has 1 unspecified atom stereocenters. The van der Waals surface area contributed by atoms with Crippen LogP contribution in [0.1, 0.15) is 50.3 Å². The van der Waals surface area contributed by atoms with Gasteiger partial charge in [0, 0.05) is 19.9 Å². The second kappa shape index (κ2) is 6.38. The summed E-state index contributed by atoms with van der Waals surface area (Å²) in [7, 11) is 1.63. The maximum absolute atomic E-state index is 12.1. The molecule has 1 amide bonds. The molecule has 6 heteroatoms. The zero-order valence-electron chi connectivity index (χ0n) is 13.3. The second-order valence-corrected chi connectivity index (χ2v) is 6.56. The number of methoxy groups -OCH3 is 1. The van der Waals surface area contributed by atoms with Crippen molar-refractivity contribution in [3.63, 3.8) is 0 Å². The van der Waals surface area contributed by atoms with E-state index in [0.717, 1.165) is 19.4 Å². The minimum absolute atomic E-state index is 0.279. The first-order valence-electron chi connectivity index (χ1n) is 8.23. The lowest BCUT2D eigenvalue weighted by Crippen LogP contribution is -2.56. The highest BCUT2D eigenvalue weighted by Gasteiger charge is 2.46. The summed E-state index contributed by atoms with van der Waals surface area (Å²) in [6.07, 6.45) is 8.58. The molecule has 1 aromatic heterocycles. The lowest BCUT2D eigenvalue weighted by molar-refractivity contribution is -0.132. The van der Waals surface area contributed by atoms with Gasteiger partial charge in [0.1, 0.15) is 5.54 Å². The number of primary amides is 1. The van der Waals surface area contributed by atoms with Crippen molar-refractivity contribution in [1.82, 2.24) is 14.7 Å². The highest BCUT2D eigenvalue weighted by molar-refractivity contribution is 5.85. The lowest BCUT2D eigenvalue weighted by Gasteiger charge is -2.35. The van der Waals surface area contributed by atoms with Gasteiger partial charge in [0.25, 0.3) is 0 Å². The first kappa shape index (κ1) is 15.5. The summed E-state index contributed by atoms with van der Waals surface area (Å²) in [6, 6.07) is 2.58. The lowest BCUT2D eigenvalue weighted by atomic mass is 9.96. The molecule has 1 atom stereocenters. The van der Waals surface area contributed by atoms with Crippen molar-refractivity contribution in [2.75, 3.05) is 20.3 Å². The molecule has 3 rings (SSSR count). The average Bonchev–Trinajstić information content (AvgIpc) is 3.20. The van der Waals surface area contributed by atoms with E-state index >= 15 is 0 Å². The fourth-order valence-corrected chi connectivity index (χ4v) is 4.06. The number of hydrogen-bond donors (Lipinski definition) is 1. The largest absolute Gasteiger partial charge is 0.382 e. The van der Waals surface area contributed by atoms with Crippen LogP contribution in [0.2, 0.25) is 0 Å². The third-order valence-electron chi connectivity index (χ3n) is 5.24. The van der Waals surface area contributed by atoms with Crippen LogP contribution in [0.15, 0.2) is 12.3 Å². The molecule has 2 fully saturated rings. The van der Waals surface area contributed by atoms with Crippen LogP contribution in [-0.4, -0.2) is 46.4 Å². The number of ether oxygens (including phenoxy) is 1. The van der Waals surface area contributed by atoms with Crippen molar-refractivity contribution in [2.45, 2.75) is 56.7 Å². The normalized spacial score (nSPS) is 26.8. The van der Waals surface area contributed by atoms with Gasteiger partial charge in [0.2, 0.25) is 5.91 Å². The monoisotopic (exact) mass is 306 g/mol. The molecule has 1 aliphatic carbocycles. The Morgan fingerprint density at radius 1 is 1.45 bits per heavy atom. The standard InChI is InChI=1S/C16H26N4O2/c1-22-12-16(15(17)21)8-4-10-19(16)11-14-7-9-18-20(14)13-5-2-3-6-13/h7,9,13H,2-6,8,10-12H2,1H3,(H2,17,21). The predicted molar refractivity (Wildman–Crippen MR) is 83.2 cm³/mol. The van der Waals surface area contributed by atoms with Crippen LogP contribution < -0.4 is 5.73 Å². The Labute approximate surface area is 131 Å². The van der Waals surface area contributed by atoms with Gasteiger partial charge in [0.15, 0.2) is 0 Å². The highest BCUT2D eigenvalue weighted by Crippen LogP contribution is 2.33. The molecule has 0 radical (unpaired) electrons. The summed E-state index contributed by atoms with van der Waals surface area (Å²) in [6.45, 7) is 1.95. The Balaban J connectivity index is 1.80. The van der Waals surface area contributed by atoms with E-state index in [9.17, 15) is 4.79 Å². The molecule has 22 heavy (non-hydrogen) atoms. The van der Waals surface area contributed by atoms with Crippen molar-refractivity contribution in [2.24, 2.45) is 5.73 Å². The van der Waals surface area contributed by atoms with Gasteiger partial charge < -0.3 is 10.5 Å². The molecule has 0 bridgehead atoms. The number of rotatable bonds is 6. The van der Waals surface area contributed by atoms with Crippen LogP contribution in [0.25, 0.3) is 0 Å². The van der Waals surface area contributed by atoms with Gasteiger partial charge in [-0.15, -0.1) is 0 Å². The SMILES string of the molecule is COCC1(C(N)=O)CCCN1Cc1ccnn1C1CCCC1. The minimum atomic E-state index is -0.667. The van der Waals surface area contributed by atoms with Crippen LogP contribution >= 0.6 is 0 Å². The summed E-state index contributed by atoms with van der Waals surface area (Å²) in [4.78, 5) is 14.3. The zero-order valence-corrected chi connectivity index (χ0v) is 13.3. The molecular weight excluding hydrogens is 280 g/mol. The van der Waals surface area contributed by atoms with Crippen molar-refractivity contribution in [3.05, 3.63) is 18.0 Å². The zero-order chi connectivity index (χ0) is 15.6. The molecule has 1 saturated heterocycles.